The lowest BCUT2D eigenvalue weighted by atomic mass is 9.87. The van der Waals surface area contributed by atoms with Gasteiger partial charge in [0.1, 0.15) is 0 Å². The lowest BCUT2D eigenvalue weighted by molar-refractivity contribution is -0.137. The van der Waals surface area contributed by atoms with Crippen molar-refractivity contribution in [2.75, 3.05) is 25.0 Å². The smallest absolute Gasteiger partial charge is 0.225 e. The summed E-state index contributed by atoms with van der Waals surface area (Å²) in [6.07, 6.45) is 7.99. The number of nitrogens with one attached hydrogen (secondary N) is 2. The molecule has 1 aliphatic carbocycles. The molecule has 2 aliphatic rings. The molecule has 5 nitrogen and oxygen atoms in total. The fourth-order valence-electron chi connectivity index (χ4n) is 4.23. The van der Waals surface area contributed by atoms with Gasteiger partial charge in [-0.1, -0.05) is 37.5 Å². The van der Waals surface area contributed by atoms with Gasteiger partial charge in [-0.15, -0.1) is 0 Å². The molecule has 0 atom stereocenters. The van der Waals surface area contributed by atoms with E-state index in [2.05, 4.69) is 23.6 Å². The van der Waals surface area contributed by atoms with Gasteiger partial charge in [0.15, 0.2) is 0 Å². The highest BCUT2D eigenvalue weighted by Crippen LogP contribution is 2.26. The highest BCUT2D eigenvalue weighted by Gasteiger charge is 2.29. The molecule has 5 heteroatoms. The van der Waals surface area contributed by atoms with Crippen LogP contribution in [-0.4, -0.2) is 42.4 Å². The summed E-state index contributed by atoms with van der Waals surface area (Å²) in [5, 5.41) is 6.47. The van der Waals surface area contributed by atoms with Gasteiger partial charge < -0.3 is 15.5 Å². The number of rotatable bonds is 6. The largest absolute Gasteiger partial charge is 0.384 e. The number of hydrogen-bond donors (Lipinski definition) is 2. The summed E-state index contributed by atoms with van der Waals surface area (Å²) in [4.78, 5) is 26.9. The van der Waals surface area contributed by atoms with Crippen LogP contribution in [0.4, 0.5) is 5.69 Å². The minimum atomic E-state index is 0.0909. The monoisotopic (exact) mass is 371 g/mol. The van der Waals surface area contributed by atoms with E-state index in [1.54, 1.807) is 0 Å². The van der Waals surface area contributed by atoms with E-state index in [-0.39, 0.29) is 17.9 Å². The SMILES string of the molecule is Cc1ccccc1NCCC(=O)NC1CCN(C(=O)C2CCCCC2)CC1. The van der Waals surface area contributed by atoms with Gasteiger partial charge in [-0.2, -0.15) is 0 Å². The molecule has 1 aromatic carbocycles. The van der Waals surface area contributed by atoms with Crippen molar-refractivity contribution >= 4 is 17.5 Å². The Balaban J connectivity index is 1.34. The number of carbonyl (C=O) groups excluding carboxylic acids is 2. The van der Waals surface area contributed by atoms with Gasteiger partial charge in [-0.25, -0.2) is 0 Å². The van der Waals surface area contributed by atoms with E-state index in [1.807, 2.05) is 23.1 Å². The first kappa shape index (κ1) is 19.7. The molecule has 148 valence electrons. The maximum absolute atomic E-state index is 12.6. The van der Waals surface area contributed by atoms with Crippen LogP contribution in [-0.2, 0) is 9.59 Å². The molecule has 0 aromatic heterocycles. The van der Waals surface area contributed by atoms with Crippen molar-refractivity contribution in [1.29, 1.82) is 0 Å². The summed E-state index contributed by atoms with van der Waals surface area (Å²) in [5.74, 6) is 0.687. The number of hydrogen-bond acceptors (Lipinski definition) is 3. The van der Waals surface area contributed by atoms with E-state index >= 15 is 0 Å². The maximum Gasteiger partial charge on any atom is 0.225 e. The first-order valence-corrected chi connectivity index (χ1v) is 10.5. The summed E-state index contributed by atoms with van der Waals surface area (Å²) < 4.78 is 0. The zero-order valence-electron chi connectivity index (χ0n) is 16.5. The summed E-state index contributed by atoms with van der Waals surface area (Å²) in [6, 6.07) is 8.30. The fourth-order valence-corrected chi connectivity index (χ4v) is 4.23. The molecule has 0 spiro atoms. The van der Waals surface area contributed by atoms with Crippen molar-refractivity contribution in [1.82, 2.24) is 10.2 Å². The summed E-state index contributed by atoms with van der Waals surface area (Å²) in [6.45, 7) is 4.25. The average molecular weight is 372 g/mol. The molecule has 1 aromatic rings. The highest BCUT2D eigenvalue weighted by molar-refractivity contribution is 5.79. The third-order valence-electron chi connectivity index (χ3n) is 5.94. The number of carbonyl (C=O) groups is 2. The lowest BCUT2D eigenvalue weighted by Crippen LogP contribution is -2.48. The Morgan fingerprint density at radius 1 is 1.04 bits per heavy atom. The fraction of sp³-hybridized carbons (Fsp3) is 0.636. The molecular formula is C22H33N3O2. The number of aryl methyl sites for hydroxylation is 1. The Morgan fingerprint density at radius 2 is 1.74 bits per heavy atom. The van der Waals surface area contributed by atoms with Gasteiger partial charge in [0.25, 0.3) is 0 Å². The minimum absolute atomic E-state index is 0.0909. The molecule has 1 saturated carbocycles. The first-order valence-electron chi connectivity index (χ1n) is 10.5. The number of anilines is 1. The Labute approximate surface area is 162 Å². The van der Waals surface area contributed by atoms with E-state index < -0.39 is 0 Å². The summed E-state index contributed by atoms with van der Waals surface area (Å²) in [5.41, 5.74) is 2.27. The molecule has 27 heavy (non-hydrogen) atoms. The molecule has 2 fully saturated rings. The molecule has 0 radical (unpaired) electrons. The second-order valence-electron chi connectivity index (χ2n) is 7.99. The molecule has 0 unspecified atom stereocenters. The number of amides is 2. The Hall–Kier alpha value is -2.04. The summed E-state index contributed by atoms with van der Waals surface area (Å²) >= 11 is 0. The number of likely N-dealkylation sites (tertiary alicyclic amines) is 1. The molecular weight excluding hydrogens is 338 g/mol. The second kappa shape index (κ2) is 9.77. The zero-order valence-corrected chi connectivity index (χ0v) is 16.5. The van der Waals surface area contributed by atoms with Crippen LogP contribution in [0.15, 0.2) is 24.3 Å². The van der Waals surface area contributed by atoms with Crippen LogP contribution < -0.4 is 10.6 Å². The minimum Gasteiger partial charge on any atom is -0.384 e. The van der Waals surface area contributed by atoms with Gasteiger partial charge in [-0.05, 0) is 44.2 Å². The molecule has 1 saturated heterocycles. The van der Waals surface area contributed by atoms with E-state index in [9.17, 15) is 9.59 Å². The Bertz CT molecular complexity index is 632. The average Bonchev–Trinajstić information content (AvgIpc) is 2.70. The topological polar surface area (TPSA) is 61.4 Å². The van der Waals surface area contributed by atoms with Crippen LogP contribution in [0.25, 0.3) is 0 Å². The van der Waals surface area contributed by atoms with Crippen molar-refractivity contribution < 1.29 is 9.59 Å². The van der Waals surface area contributed by atoms with Crippen molar-refractivity contribution in [3.63, 3.8) is 0 Å². The molecule has 1 heterocycles. The van der Waals surface area contributed by atoms with Crippen LogP contribution in [0.3, 0.4) is 0 Å². The normalized spacial score (nSPS) is 18.9. The molecule has 2 amide bonds. The number of benzene rings is 1. The van der Waals surface area contributed by atoms with Crippen LogP contribution in [0.2, 0.25) is 0 Å². The quantitative estimate of drug-likeness (QED) is 0.805. The van der Waals surface area contributed by atoms with Crippen molar-refractivity contribution in [2.24, 2.45) is 5.92 Å². The molecule has 1 aliphatic heterocycles. The highest BCUT2D eigenvalue weighted by atomic mass is 16.2. The van der Waals surface area contributed by atoms with Gasteiger partial charge in [0, 0.05) is 43.7 Å². The third kappa shape index (κ3) is 5.72. The van der Waals surface area contributed by atoms with E-state index in [0.717, 1.165) is 44.5 Å². The van der Waals surface area contributed by atoms with Gasteiger partial charge >= 0.3 is 0 Å². The zero-order chi connectivity index (χ0) is 19.1. The number of nitrogens with zero attached hydrogens (tertiary/aromatic N) is 1. The number of para-hydroxylation sites is 1. The van der Waals surface area contributed by atoms with Gasteiger partial charge in [-0.3, -0.25) is 9.59 Å². The third-order valence-corrected chi connectivity index (χ3v) is 5.94. The number of piperidine rings is 1. The van der Waals surface area contributed by atoms with Crippen LogP contribution in [0, 0.1) is 12.8 Å². The molecule has 2 N–H and O–H groups in total. The Kier molecular flexibility index (Phi) is 7.13. The predicted octanol–water partition coefficient (Wildman–Crippen LogP) is 3.48. The van der Waals surface area contributed by atoms with Gasteiger partial charge in [0.05, 0.1) is 0 Å². The molecule has 3 rings (SSSR count). The van der Waals surface area contributed by atoms with Crippen LogP contribution in [0.5, 0.6) is 0 Å². The Morgan fingerprint density at radius 3 is 2.44 bits per heavy atom. The van der Waals surface area contributed by atoms with Crippen LogP contribution >= 0.6 is 0 Å². The van der Waals surface area contributed by atoms with Gasteiger partial charge in [0.2, 0.25) is 11.8 Å². The second-order valence-corrected chi connectivity index (χ2v) is 7.99. The van der Waals surface area contributed by atoms with Crippen molar-refractivity contribution in [2.45, 2.75) is 64.3 Å². The van der Waals surface area contributed by atoms with Crippen molar-refractivity contribution in [3.8, 4) is 0 Å². The van der Waals surface area contributed by atoms with Crippen molar-refractivity contribution in [3.05, 3.63) is 29.8 Å². The summed E-state index contributed by atoms with van der Waals surface area (Å²) in [7, 11) is 0. The van der Waals surface area contributed by atoms with E-state index in [4.69, 9.17) is 0 Å². The van der Waals surface area contributed by atoms with Crippen LogP contribution in [0.1, 0.15) is 56.9 Å². The maximum atomic E-state index is 12.6. The lowest BCUT2D eigenvalue weighted by Gasteiger charge is -2.35. The van der Waals surface area contributed by atoms with E-state index in [1.165, 1.54) is 24.8 Å². The standard InChI is InChI=1S/C22H33N3O2/c1-17-7-5-6-10-20(17)23-14-11-21(26)24-19-12-15-25(16-13-19)22(27)18-8-3-2-4-9-18/h5-7,10,18-19,23H,2-4,8-9,11-16H2,1H3,(H,24,26). The predicted molar refractivity (Wildman–Crippen MR) is 109 cm³/mol. The first-order chi connectivity index (χ1) is 13.1. The van der Waals surface area contributed by atoms with E-state index in [0.29, 0.717) is 18.9 Å². The molecule has 0 bridgehead atoms.